The first-order valence-electron chi connectivity index (χ1n) is 5.66. The van der Waals surface area contributed by atoms with Crippen molar-refractivity contribution in [1.29, 1.82) is 0 Å². The van der Waals surface area contributed by atoms with Crippen LogP contribution in [0, 0.1) is 0 Å². The summed E-state index contributed by atoms with van der Waals surface area (Å²) in [5, 5.41) is 6.49. The number of nitrogens with one attached hydrogen (secondary N) is 1. The van der Waals surface area contributed by atoms with E-state index in [9.17, 15) is 0 Å². The second-order valence-electron chi connectivity index (χ2n) is 3.88. The highest BCUT2D eigenvalue weighted by Gasteiger charge is 2.14. The van der Waals surface area contributed by atoms with E-state index in [2.05, 4.69) is 10.3 Å². The summed E-state index contributed by atoms with van der Waals surface area (Å²) in [5.41, 5.74) is 0. The van der Waals surface area contributed by atoms with Crippen LogP contribution in [0.2, 0.25) is 0 Å². The fourth-order valence-corrected chi connectivity index (χ4v) is 2.47. The molecule has 0 aromatic carbocycles. The Morgan fingerprint density at radius 1 is 1.47 bits per heavy atom. The minimum absolute atomic E-state index is 0.534. The molecule has 2 rings (SSSR count). The van der Waals surface area contributed by atoms with E-state index in [1.54, 1.807) is 11.3 Å². The van der Waals surface area contributed by atoms with E-state index in [0.717, 1.165) is 24.7 Å². The largest absolute Gasteiger partial charge is 0.377 e. The summed E-state index contributed by atoms with van der Waals surface area (Å²) < 4.78 is 5.74. The monoisotopic (exact) mass is 226 g/mol. The van der Waals surface area contributed by atoms with Crippen molar-refractivity contribution in [2.24, 2.45) is 0 Å². The van der Waals surface area contributed by atoms with E-state index in [1.165, 1.54) is 25.7 Å². The first-order chi connectivity index (χ1) is 7.45. The van der Waals surface area contributed by atoms with E-state index in [1.807, 2.05) is 11.6 Å². The maximum Gasteiger partial charge on any atom is 0.106 e. The number of hydrogen-bond donors (Lipinski definition) is 1. The third-order valence-electron chi connectivity index (χ3n) is 2.69. The predicted octanol–water partition coefficient (Wildman–Crippen LogP) is 2.19. The fourth-order valence-electron chi connectivity index (χ4n) is 1.89. The average Bonchev–Trinajstić information content (AvgIpc) is 2.88. The van der Waals surface area contributed by atoms with E-state index in [4.69, 9.17) is 4.74 Å². The highest BCUT2D eigenvalue weighted by Crippen LogP contribution is 2.20. The Balaban J connectivity index is 1.48. The molecule has 1 aliphatic rings. The van der Waals surface area contributed by atoms with Crippen molar-refractivity contribution >= 4 is 11.3 Å². The van der Waals surface area contributed by atoms with E-state index >= 15 is 0 Å². The quantitative estimate of drug-likeness (QED) is 0.755. The van der Waals surface area contributed by atoms with Gasteiger partial charge in [-0.3, -0.25) is 0 Å². The lowest BCUT2D eigenvalue weighted by atomic mass is 10.3. The van der Waals surface area contributed by atoms with Gasteiger partial charge in [0, 0.05) is 24.7 Å². The molecule has 1 aliphatic carbocycles. The zero-order valence-electron chi connectivity index (χ0n) is 8.95. The molecule has 0 atom stereocenters. The molecule has 0 unspecified atom stereocenters. The molecule has 0 bridgehead atoms. The summed E-state index contributed by atoms with van der Waals surface area (Å²) in [6, 6.07) is 0. The number of ether oxygens (including phenoxy) is 1. The summed E-state index contributed by atoms with van der Waals surface area (Å²) in [6.45, 7) is 2.62. The van der Waals surface area contributed by atoms with Crippen LogP contribution in [0.4, 0.5) is 0 Å². The molecule has 1 fully saturated rings. The van der Waals surface area contributed by atoms with Crippen LogP contribution in [-0.4, -0.2) is 24.2 Å². The summed E-state index contributed by atoms with van der Waals surface area (Å²) >= 11 is 1.69. The molecule has 1 N–H and O–H groups in total. The SMILES string of the molecule is c1csc(CNCCOC2CCCC2)n1. The second-order valence-corrected chi connectivity index (χ2v) is 4.86. The Hall–Kier alpha value is -0.450. The molecular weight excluding hydrogens is 208 g/mol. The minimum Gasteiger partial charge on any atom is -0.377 e. The van der Waals surface area contributed by atoms with Crippen LogP contribution in [0.3, 0.4) is 0 Å². The van der Waals surface area contributed by atoms with Crippen LogP contribution in [0.5, 0.6) is 0 Å². The van der Waals surface area contributed by atoms with E-state index in [-0.39, 0.29) is 0 Å². The van der Waals surface area contributed by atoms with Crippen molar-refractivity contribution < 1.29 is 4.74 Å². The van der Waals surface area contributed by atoms with Crippen LogP contribution in [0.25, 0.3) is 0 Å². The molecule has 1 heterocycles. The van der Waals surface area contributed by atoms with Gasteiger partial charge in [-0.1, -0.05) is 12.8 Å². The first kappa shape index (κ1) is 11.0. The molecule has 1 saturated carbocycles. The maximum atomic E-state index is 5.74. The van der Waals surface area contributed by atoms with Gasteiger partial charge in [0.1, 0.15) is 5.01 Å². The number of hydrogen-bond acceptors (Lipinski definition) is 4. The molecule has 0 aliphatic heterocycles. The van der Waals surface area contributed by atoms with E-state index < -0.39 is 0 Å². The Kier molecular flexibility index (Phi) is 4.57. The molecule has 3 nitrogen and oxygen atoms in total. The zero-order chi connectivity index (χ0) is 10.3. The standard InChI is InChI=1S/C11H18N2OS/c1-2-4-10(3-1)14-7-5-12-9-11-13-6-8-15-11/h6,8,10,12H,1-5,7,9H2. The van der Waals surface area contributed by atoms with Gasteiger partial charge in [0.15, 0.2) is 0 Å². The third-order valence-corrected chi connectivity index (χ3v) is 3.47. The fraction of sp³-hybridized carbons (Fsp3) is 0.727. The van der Waals surface area contributed by atoms with Crippen LogP contribution in [-0.2, 0) is 11.3 Å². The van der Waals surface area contributed by atoms with Gasteiger partial charge in [-0.15, -0.1) is 11.3 Å². The van der Waals surface area contributed by atoms with Crippen molar-refractivity contribution in [2.75, 3.05) is 13.2 Å². The minimum atomic E-state index is 0.534. The van der Waals surface area contributed by atoms with Crippen LogP contribution < -0.4 is 5.32 Å². The topological polar surface area (TPSA) is 34.1 Å². The Morgan fingerprint density at radius 3 is 3.07 bits per heavy atom. The second kappa shape index (κ2) is 6.20. The van der Waals surface area contributed by atoms with Gasteiger partial charge >= 0.3 is 0 Å². The van der Waals surface area contributed by atoms with Crippen LogP contribution >= 0.6 is 11.3 Å². The average molecular weight is 226 g/mol. The lowest BCUT2D eigenvalue weighted by molar-refractivity contribution is 0.0602. The van der Waals surface area contributed by atoms with Crippen LogP contribution in [0.1, 0.15) is 30.7 Å². The molecule has 1 aromatic heterocycles. The van der Waals surface area contributed by atoms with Crippen molar-refractivity contribution in [1.82, 2.24) is 10.3 Å². The van der Waals surface area contributed by atoms with Gasteiger partial charge in [0.05, 0.1) is 12.7 Å². The summed E-state index contributed by atoms with van der Waals surface area (Å²) in [7, 11) is 0. The van der Waals surface area contributed by atoms with Crippen molar-refractivity contribution in [3.63, 3.8) is 0 Å². The van der Waals surface area contributed by atoms with Gasteiger partial charge < -0.3 is 10.1 Å². The lowest BCUT2D eigenvalue weighted by Gasteiger charge is -2.10. The number of rotatable bonds is 6. The highest BCUT2D eigenvalue weighted by molar-refractivity contribution is 7.09. The van der Waals surface area contributed by atoms with Crippen molar-refractivity contribution in [3.05, 3.63) is 16.6 Å². The number of nitrogens with zero attached hydrogens (tertiary/aromatic N) is 1. The third kappa shape index (κ3) is 3.89. The van der Waals surface area contributed by atoms with Gasteiger partial charge in [0.25, 0.3) is 0 Å². The van der Waals surface area contributed by atoms with Crippen LogP contribution in [0.15, 0.2) is 11.6 Å². The molecule has 4 heteroatoms. The number of thiazole rings is 1. The summed E-state index contributed by atoms with van der Waals surface area (Å²) in [6.07, 6.45) is 7.58. The first-order valence-corrected chi connectivity index (χ1v) is 6.54. The number of aromatic nitrogens is 1. The van der Waals surface area contributed by atoms with Crippen molar-refractivity contribution in [3.8, 4) is 0 Å². The molecule has 0 radical (unpaired) electrons. The Labute approximate surface area is 94.9 Å². The van der Waals surface area contributed by atoms with Crippen molar-refractivity contribution in [2.45, 2.75) is 38.3 Å². The molecular formula is C11H18N2OS. The smallest absolute Gasteiger partial charge is 0.106 e. The Morgan fingerprint density at radius 2 is 2.33 bits per heavy atom. The molecule has 0 spiro atoms. The molecule has 15 heavy (non-hydrogen) atoms. The van der Waals surface area contributed by atoms with Gasteiger partial charge in [-0.25, -0.2) is 4.98 Å². The molecule has 0 amide bonds. The molecule has 1 aromatic rings. The normalized spacial score (nSPS) is 17.3. The summed E-state index contributed by atoms with van der Waals surface area (Å²) in [5.74, 6) is 0. The van der Waals surface area contributed by atoms with Gasteiger partial charge in [0.2, 0.25) is 0 Å². The predicted molar refractivity (Wildman–Crippen MR) is 62.0 cm³/mol. The lowest BCUT2D eigenvalue weighted by Crippen LogP contribution is -2.21. The highest BCUT2D eigenvalue weighted by atomic mass is 32.1. The Bertz CT molecular complexity index is 258. The van der Waals surface area contributed by atoms with E-state index in [0.29, 0.717) is 6.10 Å². The zero-order valence-corrected chi connectivity index (χ0v) is 9.76. The van der Waals surface area contributed by atoms with Gasteiger partial charge in [-0.05, 0) is 12.8 Å². The molecule has 0 saturated heterocycles. The maximum absolute atomic E-state index is 5.74. The summed E-state index contributed by atoms with van der Waals surface area (Å²) in [4.78, 5) is 4.21. The molecule has 84 valence electrons. The van der Waals surface area contributed by atoms with Gasteiger partial charge in [-0.2, -0.15) is 0 Å².